The monoisotopic (exact) mass is 229 g/mol. The van der Waals surface area contributed by atoms with E-state index < -0.39 is 0 Å². The third-order valence-corrected chi connectivity index (χ3v) is 2.78. The molecule has 0 N–H and O–H groups in total. The zero-order chi connectivity index (χ0) is 12.4. The average Bonchev–Trinajstić information content (AvgIpc) is 2.54. The van der Waals surface area contributed by atoms with E-state index in [0.29, 0.717) is 24.1 Å². The van der Waals surface area contributed by atoms with Gasteiger partial charge in [-0.3, -0.25) is 14.5 Å². The summed E-state index contributed by atoms with van der Waals surface area (Å²) in [5.74, 6) is -0.347. The molecule has 0 saturated carbocycles. The topological polar surface area (TPSA) is 37.4 Å². The van der Waals surface area contributed by atoms with Gasteiger partial charge in [0.1, 0.15) is 0 Å². The van der Waals surface area contributed by atoms with E-state index in [0.717, 1.165) is 0 Å². The fourth-order valence-corrected chi connectivity index (χ4v) is 1.92. The second kappa shape index (κ2) is 4.53. The van der Waals surface area contributed by atoms with Gasteiger partial charge >= 0.3 is 0 Å². The van der Waals surface area contributed by atoms with Crippen molar-refractivity contribution < 1.29 is 9.59 Å². The van der Waals surface area contributed by atoms with Gasteiger partial charge in [0.05, 0.1) is 11.1 Å². The zero-order valence-electron chi connectivity index (χ0n) is 10.1. The molecule has 0 atom stereocenters. The number of imide groups is 1. The first kappa shape index (κ1) is 11.6. The predicted octanol–water partition coefficient (Wildman–Crippen LogP) is 2.64. The summed E-state index contributed by atoms with van der Waals surface area (Å²) < 4.78 is 0. The highest BCUT2D eigenvalue weighted by molar-refractivity contribution is 6.21. The summed E-state index contributed by atoms with van der Waals surface area (Å²) in [6, 6.07) is 6.97. The van der Waals surface area contributed by atoms with E-state index in [1.165, 1.54) is 10.5 Å². The van der Waals surface area contributed by atoms with Crippen molar-refractivity contribution in [2.75, 3.05) is 6.54 Å². The van der Waals surface area contributed by atoms with Crippen LogP contribution in [-0.4, -0.2) is 23.3 Å². The molecule has 1 aromatic rings. The van der Waals surface area contributed by atoms with Gasteiger partial charge in [-0.2, -0.15) is 0 Å². The van der Waals surface area contributed by atoms with Crippen molar-refractivity contribution in [2.45, 2.75) is 20.3 Å². The van der Waals surface area contributed by atoms with Gasteiger partial charge in [0, 0.05) is 6.54 Å². The smallest absolute Gasteiger partial charge is 0.261 e. The normalized spacial score (nSPS) is 13.9. The van der Waals surface area contributed by atoms with Gasteiger partial charge in [-0.1, -0.05) is 23.8 Å². The summed E-state index contributed by atoms with van der Waals surface area (Å²) in [5, 5.41) is 0. The average molecular weight is 229 g/mol. The minimum absolute atomic E-state index is 0.173. The van der Waals surface area contributed by atoms with Crippen LogP contribution in [0.1, 0.15) is 41.0 Å². The molecule has 1 aliphatic heterocycles. The Balaban J connectivity index is 2.16. The summed E-state index contributed by atoms with van der Waals surface area (Å²) in [6.45, 7) is 4.46. The molecule has 0 aromatic heterocycles. The van der Waals surface area contributed by atoms with Crippen LogP contribution >= 0.6 is 0 Å². The fraction of sp³-hybridized carbons (Fsp3) is 0.286. The van der Waals surface area contributed by atoms with Crippen LogP contribution in [0.5, 0.6) is 0 Å². The summed E-state index contributed by atoms with van der Waals surface area (Å²) in [6.07, 6.45) is 2.75. The first-order chi connectivity index (χ1) is 8.11. The molecule has 0 fully saturated rings. The Labute approximate surface area is 101 Å². The van der Waals surface area contributed by atoms with E-state index >= 15 is 0 Å². The summed E-state index contributed by atoms with van der Waals surface area (Å²) in [5.41, 5.74) is 2.24. The second-order valence-electron chi connectivity index (χ2n) is 4.38. The van der Waals surface area contributed by atoms with E-state index in [1.54, 1.807) is 24.3 Å². The van der Waals surface area contributed by atoms with E-state index in [2.05, 4.69) is 0 Å². The number of amides is 2. The number of carbonyl (C=O) groups excluding carboxylic acids is 2. The summed E-state index contributed by atoms with van der Waals surface area (Å²) >= 11 is 0. The van der Waals surface area contributed by atoms with E-state index in [1.807, 2.05) is 19.9 Å². The summed E-state index contributed by atoms with van der Waals surface area (Å²) in [4.78, 5) is 25.3. The molecule has 1 aromatic carbocycles. The molecule has 17 heavy (non-hydrogen) atoms. The third-order valence-electron chi connectivity index (χ3n) is 2.78. The van der Waals surface area contributed by atoms with Crippen LogP contribution in [0.25, 0.3) is 0 Å². The third kappa shape index (κ3) is 2.13. The number of nitrogens with zero attached hydrogens (tertiary/aromatic N) is 1. The molecular formula is C14H15NO2. The lowest BCUT2D eigenvalue weighted by Gasteiger charge is -2.12. The molecule has 0 saturated heterocycles. The van der Waals surface area contributed by atoms with Crippen molar-refractivity contribution in [3.63, 3.8) is 0 Å². The molecule has 1 aliphatic rings. The number of hydrogen-bond acceptors (Lipinski definition) is 2. The maximum Gasteiger partial charge on any atom is 0.261 e. The Morgan fingerprint density at radius 3 is 2.12 bits per heavy atom. The maximum atomic E-state index is 12.0. The largest absolute Gasteiger partial charge is 0.274 e. The van der Waals surface area contributed by atoms with Crippen LogP contribution in [0.3, 0.4) is 0 Å². The molecule has 88 valence electrons. The Kier molecular flexibility index (Phi) is 3.09. The van der Waals surface area contributed by atoms with Gasteiger partial charge in [-0.25, -0.2) is 0 Å². The molecule has 0 radical (unpaired) electrons. The van der Waals surface area contributed by atoms with Crippen molar-refractivity contribution in [3.05, 3.63) is 47.0 Å². The number of benzene rings is 1. The quantitative estimate of drug-likeness (QED) is 0.590. The molecule has 0 unspecified atom stereocenters. The van der Waals surface area contributed by atoms with Crippen LogP contribution in [-0.2, 0) is 0 Å². The molecule has 3 nitrogen and oxygen atoms in total. The van der Waals surface area contributed by atoms with Crippen LogP contribution < -0.4 is 0 Å². The molecule has 2 amide bonds. The van der Waals surface area contributed by atoms with Gasteiger partial charge in [0.25, 0.3) is 11.8 Å². The molecular weight excluding hydrogens is 214 g/mol. The van der Waals surface area contributed by atoms with Crippen molar-refractivity contribution in [1.29, 1.82) is 0 Å². The summed E-state index contributed by atoms with van der Waals surface area (Å²) in [7, 11) is 0. The Hall–Kier alpha value is -1.90. The van der Waals surface area contributed by atoms with Gasteiger partial charge in [0.15, 0.2) is 0 Å². The lowest BCUT2D eigenvalue weighted by Crippen LogP contribution is -2.30. The predicted molar refractivity (Wildman–Crippen MR) is 65.9 cm³/mol. The van der Waals surface area contributed by atoms with Gasteiger partial charge < -0.3 is 0 Å². The highest BCUT2D eigenvalue weighted by Crippen LogP contribution is 2.22. The first-order valence-corrected chi connectivity index (χ1v) is 5.70. The van der Waals surface area contributed by atoms with Crippen molar-refractivity contribution in [2.24, 2.45) is 0 Å². The van der Waals surface area contributed by atoms with Gasteiger partial charge in [-0.15, -0.1) is 0 Å². The number of fused-ring (bicyclic) bond motifs is 1. The second-order valence-corrected chi connectivity index (χ2v) is 4.38. The lowest BCUT2D eigenvalue weighted by atomic mass is 10.1. The maximum absolute atomic E-state index is 12.0. The van der Waals surface area contributed by atoms with Crippen LogP contribution in [0.2, 0.25) is 0 Å². The van der Waals surface area contributed by atoms with Crippen LogP contribution in [0.4, 0.5) is 0 Å². The number of allylic oxidation sites excluding steroid dienone is 1. The number of carbonyl (C=O) groups is 2. The minimum Gasteiger partial charge on any atom is -0.274 e. The Morgan fingerprint density at radius 2 is 1.65 bits per heavy atom. The number of hydrogen-bond donors (Lipinski definition) is 0. The standard InChI is InChI=1S/C14H15NO2/c1-10(2)6-5-9-15-13(16)11-7-3-4-8-12(11)14(15)17/h3-4,6-8H,5,9H2,1-2H3. The highest BCUT2D eigenvalue weighted by atomic mass is 16.2. The molecule has 0 bridgehead atoms. The molecule has 2 rings (SSSR count). The van der Waals surface area contributed by atoms with Crippen LogP contribution in [0, 0.1) is 0 Å². The van der Waals surface area contributed by atoms with E-state index in [4.69, 9.17) is 0 Å². The van der Waals surface area contributed by atoms with Crippen LogP contribution in [0.15, 0.2) is 35.9 Å². The van der Waals surface area contributed by atoms with Crippen molar-refractivity contribution in [3.8, 4) is 0 Å². The molecule has 3 heteroatoms. The number of rotatable bonds is 3. The van der Waals surface area contributed by atoms with Crippen molar-refractivity contribution in [1.82, 2.24) is 4.90 Å². The Morgan fingerprint density at radius 1 is 1.12 bits per heavy atom. The minimum atomic E-state index is -0.173. The van der Waals surface area contributed by atoms with Gasteiger partial charge in [-0.05, 0) is 32.4 Å². The van der Waals surface area contributed by atoms with E-state index in [-0.39, 0.29) is 11.8 Å². The molecule has 1 heterocycles. The molecule has 0 aliphatic carbocycles. The lowest BCUT2D eigenvalue weighted by molar-refractivity contribution is 0.0657. The Bertz CT molecular complexity index is 464. The highest BCUT2D eigenvalue weighted by Gasteiger charge is 2.34. The fourth-order valence-electron chi connectivity index (χ4n) is 1.92. The van der Waals surface area contributed by atoms with Crippen molar-refractivity contribution >= 4 is 11.8 Å². The van der Waals surface area contributed by atoms with Gasteiger partial charge in [0.2, 0.25) is 0 Å². The van der Waals surface area contributed by atoms with E-state index in [9.17, 15) is 9.59 Å². The first-order valence-electron chi connectivity index (χ1n) is 5.70. The SMILES string of the molecule is CC(C)=CCCN1C(=O)c2ccccc2C1=O. The zero-order valence-corrected chi connectivity index (χ0v) is 10.1. The molecule has 0 spiro atoms.